The van der Waals surface area contributed by atoms with Gasteiger partial charge >= 0.3 is 6.09 Å². The summed E-state index contributed by atoms with van der Waals surface area (Å²) >= 11 is 6.52. The number of ether oxygens (including phenoxy) is 1. The molecule has 0 N–H and O–H groups in total. The summed E-state index contributed by atoms with van der Waals surface area (Å²) < 4.78 is 19.4. The van der Waals surface area contributed by atoms with E-state index in [2.05, 4.69) is 0 Å². The zero-order valence-electron chi connectivity index (χ0n) is 19.6. The van der Waals surface area contributed by atoms with Gasteiger partial charge in [0.05, 0.1) is 35.1 Å². The van der Waals surface area contributed by atoms with Crippen LogP contribution in [0.15, 0.2) is 42.7 Å². The molecule has 0 unspecified atom stereocenters. The molecule has 1 saturated heterocycles. The van der Waals surface area contributed by atoms with E-state index in [0.29, 0.717) is 35.7 Å². The zero-order chi connectivity index (χ0) is 24.5. The molecule has 0 bridgehead atoms. The minimum atomic E-state index is -0.625. The van der Waals surface area contributed by atoms with Crippen LogP contribution in [-0.4, -0.2) is 69.8 Å². The van der Waals surface area contributed by atoms with Gasteiger partial charge < -0.3 is 14.2 Å². The fraction of sp³-hybridized carbons (Fsp3) is 0.400. The summed E-state index contributed by atoms with van der Waals surface area (Å²) in [5.74, 6) is -0.136. The van der Waals surface area contributed by atoms with Crippen molar-refractivity contribution in [3.8, 4) is 11.3 Å². The van der Waals surface area contributed by atoms with Gasteiger partial charge in [0, 0.05) is 62.0 Å². The second kappa shape index (κ2) is 9.62. The van der Waals surface area contributed by atoms with Crippen molar-refractivity contribution in [3.63, 3.8) is 0 Å². The first-order valence-corrected chi connectivity index (χ1v) is 11.6. The number of fused-ring (bicyclic) bond motifs is 1. The van der Waals surface area contributed by atoms with E-state index >= 15 is 0 Å². The lowest BCUT2D eigenvalue weighted by Crippen LogP contribution is -2.62. The summed E-state index contributed by atoms with van der Waals surface area (Å²) in [5.41, 5.74) is 2.21. The Morgan fingerprint density at radius 3 is 2.68 bits per heavy atom. The van der Waals surface area contributed by atoms with Crippen LogP contribution in [0.4, 0.5) is 9.18 Å². The van der Waals surface area contributed by atoms with Crippen LogP contribution in [0.2, 0.25) is 5.02 Å². The zero-order valence-corrected chi connectivity index (χ0v) is 20.3. The Labute approximate surface area is 203 Å². The Morgan fingerprint density at radius 1 is 1.21 bits per heavy atom. The van der Waals surface area contributed by atoms with Crippen LogP contribution >= 0.6 is 11.6 Å². The molecule has 2 amide bonds. The van der Waals surface area contributed by atoms with E-state index in [1.165, 1.54) is 0 Å². The summed E-state index contributed by atoms with van der Waals surface area (Å²) in [6.45, 7) is 4.34. The molecule has 4 rings (SSSR count). The van der Waals surface area contributed by atoms with Gasteiger partial charge in [0.1, 0.15) is 0 Å². The summed E-state index contributed by atoms with van der Waals surface area (Å²) in [6, 6.07) is 9.13. The quantitative estimate of drug-likeness (QED) is 0.480. The van der Waals surface area contributed by atoms with E-state index < -0.39 is 18.3 Å². The summed E-state index contributed by atoms with van der Waals surface area (Å²) in [6.07, 6.45) is 3.59. The number of nitrogens with zero attached hydrogens (tertiary/aromatic N) is 4. The number of carbonyl (C=O) groups is 2. The maximum atomic E-state index is 13.3. The van der Waals surface area contributed by atoms with E-state index in [1.807, 2.05) is 56.1 Å². The maximum Gasteiger partial charge on any atom is 0.410 e. The van der Waals surface area contributed by atoms with Crippen LogP contribution in [-0.2, 0) is 11.8 Å². The van der Waals surface area contributed by atoms with Crippen LogP contribution in [0.3, 0.4) is 0 Å². The monoisotopic (exact) mass is 486 g/mol. The molecule has 1 aromatic carbocycles. The van der Waals surface area contributed by atoms with Crippen LogP contribution in [0.25, 0.3) is 22.2 Å². The van der Waals surface area contributed by atoms with E-state index in [0.717, 1.165) is 16.6 Å². The molecule has 34 heavy (non-hydrogen) atoms. The number of alkyl halides is 1. The van der Waals surface area contributed by atoms with Gasteiger partial charge in [-0.05, 0) is 38.1 Å². The molecule has 0 radical (unpaired) electrons. The minimum Gasteiger partial charge on any atom is -0.449 e. The SMILES string of the molecule is Cn1ccc(-c2cc(Cl)c3ccc(C(=O)N4CCN(C(=O)OCCCF)C(C)(C)C4)cc3n2)c1. The average Bonchev–Trinajstić information content (AvgIpc) is 3.24. The highest BCUT2D eigenvalue weighted by Gasteiger charge is 2.39. The molecule has 0 aliphatic carbocycles. The van der Waals surface area contributed by atoms with Crippen molar-refractivity contribution in [1.82, 2.24) is 19.4 Å². The minimum absolute atomic E-state index is 0.0438. The number of hydrogen-bond acceptors (Lipinski definition) is 4. The number of aromatic nitrogens is 2. The van der Waals surface area contributed by atoms with Crippen molar-refractivity contribution in [1.29, 1.82) is 0 Å². The highest BCUT2D eigenvalue weighted by Crippen LogP contribution is 2.30. The molecule has 3 aromatic rings. The smallest absolute Gasteiger partial charge is 0.410 e. The highest BCUT2D eigenvalue weighted by atomic mass is 35.5. The van der Waals surface area contributed by atoms with Crippen molar-refractivity contribution in [2.24, 2.45) is 7.05 Å². The third kappa shape index (κ3) is 4.87. The number of pyridine rings is 1. The van der Waals surface area contributed by atoms with Gasteiger partial charge in [0.2, 0.25) is 0 Å². The Bertz CT molecular complexity index is 1230. The molecule has 1 aliphatic heterocycles. The topological polar surface area (TPSA) is 67.7 Å². The van der Waals surface area contributed by atoms with Gasteiger partial charge in [-0.2, -0.15) is 0 Å². The molecule has 2 aromatic heterocycles. The molecule has 9 heteroatoms. The first-order chi connectivity index (χ1) is 16.2. The van der Waals surface area contributed by atoms with Gasteiger partial charge in [-0.1, -0.05) is 17.7 Å². The normalized spacial score (nSPS) is 15.6. The largest absolute Gasteiger partial charge is 0.449 e. The summed E-state index contributed by atoms with van der Waals surface area (Å²) in [5, 5.41) is 1.35. The molecular formula is C25H28ClFN4O3. The lowest BCUT2D eigenvalue weighted by molar-refractivity contribution is 0.0106. The molecule has 0 saturated carbocycles. The molecule has 0 spiro atoms. The van der Waals surface area contributed by atoms with E-state index in [9.17, 15) is 14.0 Å². The average molecular weight is 487 g/mol. The van der Waals surface area contributed by atoms with Crippen molar-refractivity contribution in [2.75, 3.05) is 32.9 Å². The van der Waals surface area contributed by atoms with Crippen molar-refractivity contribution >= 4 is 34.5 Å². The van der Waals surface area contributed by atoms with Crippen molar-refractivity contribution in [3.05, 3.63) is 53.3 Å². The maximum absolute atomic E-state index is 13.3. The van der Waals surface area contributed by atoms with Crippen LogP contribution in [0.1, 0.15) is 30.6 Å². The summed E-state index contributed by atoms with van der Waals surface area (Å²) in [7, 11) is 1.94. The Hall–Kier alpha value is -3.13. The Morgan fingerprint density at radius 2 is 2.00 bits per heavy atom. The predicted molar refractivity (Wildman–Crippen MR) is 130 cm³/mol. The van der Waals surface area contributed by atoms with E-state index in [4.69, 9.17) is 21.3 Å². The first kappa shape index (κ1) is 24.0. The third-order valence-corrected chi connectivity index (χ3v) is 6.36. The number of benzene rings is 1. The third-order valence-electron chi connectivity index (χ3n) is 6.05. The fourth-order valence-electron chi connectivity index (χ4n) is 4.26. The van der Waals surface area contributed by atoms with E-state index in [1.54, 1.807) is 21.9 Å². The van der Waals surface area contributed by atoms with Crippen LogP contribution in [0, 0.1) is 0 Å². The molecule has 180 valence electrons. The van der Waals surface area contributed by atoms with E-state index in [-0.39, 0.29) is 18.9 Å². The number of halogens is 2. The summed E-state index contributed by atoms with van der Waals surface area (Å²) in [4.78, 5) is 33.8. The molecule has 1 fully saturated rings. The second-order valence-corrected chi connectivity index (χ2v) is 9.54. The number of carbonyl (C=O) groups excluding carboxylic acids is 2. The molecule has 0 atom stereocenters. The molecule has 1 aliphatic rings. The molecule has 3 heterocycles. The number of amides is 2. The fourth-order valence-corrected chi connectivity index (χ4v) is 4.53. The van der Waals surface area contributed by atoms with Crippen molar-refractivity contribution < 1.29 is 18.7 Å². The first-order valence-electron chi connectivity index (χ1n) is 11.2. The van der Waals surface area contributed by atoms with Gasteiger partial charge in [0.25, 0.3) is 5.91 Å². The predicted octanol–water partition coefficient (Wildman–Crippen LogP) is 4.93. The molecule has 7 nitrogen and oxygen atoms in total. The van der Waals surface area contributed by atoms with Crippen molar-refractivity contribution in [2.45, 2.75) is 25.8 Å². The van der Waals surface area contributed by atoms with Gasteiger partial charge in [-0.25, -0.2) is 9.78 Å². The molecular weight excluding hydrogens is 459 g/mol. The lowest BCUT2D eigenvalue weighted by atomic mass is 9.98. The Balaban J connectivity index is 1.54. The van der Waals surface area contributed by atoms with Crippen LogP contribution in [0.5, 0.6) is 0 Å². The lowest BCUT2D eigenvalue weighted by Gasteiger charge is -2.46. The van der Waals surface area contributed by atoms with Gasteiger partial charge in [-0.3, -0.25) is 14.1 Å². The van der Waals surface area contributed by atoms with Gasteiger partial charge in [-0.15, -0.1) is 0 Å². The van der Waals surface area contributed by atoms with Crippen LogP contribution < -0.4 is 0 Å². The number of aryl methyl sites for hydroxylation is 1. The van der Waals surface area contributed by atoms with Gasteiger partial charge in [0.15, 0.2) is 0 Å². The number of rotatable bonds is 5. The highest BCUT2D eigenvalue weighted by molar-refractivity contribution is 6.35. The standard InChI is InChI=1S/C25H28ClFN4O3/c1-25(2)16-30(10-11-31(25)24(33)34-12-4-8-27)23(32)17-5-6-19-20(26)14-21(28-22(19)13-17)18-7-9-29(3)15-18/h5-7,9,13-15H,4,8,10-12,16H2,1-3H3. The second-order valence-electron chi connectivity index (χ2n) is 9.13. The number of piperazine rings is 1. The Kier molecular flexibility index (Phi) is 6.79. The number of hydrogen-bond donors (Lipinski definition) is 0.